The molecule has 0 bridgehead atoms. The number of azide groups is 1. The topological polar surface area (TPSA) is 61.7 Å². The summed E-state index contributed by atoms with van der Waals surface area (Å²) in [5, 5.41) is 2.80. The molecule has 0 unspecified atom stereocenters. The molecule has 0 atom stereocenters. The van der Waals surface area contributed by atoms with Gasteiger partial charge in [-0.2, -0.15) is 13.2 Å². The van der Waals surface area contributed by atoms with Gasteiger partial charge >= 0.3 is 6.18 Å². The van der Waals surface area contributed by atoms with Crippen molar-refractivity contribution >= 4 is 5.82 Å². The highest BCUT2D eigenvalue weighted by Crippen LogP contribution is 2.34. The molecule has 0 fully saturated rings. The van der Waals surface area contributed by atoms with Crippen LogP contribution in [0, 0.1) is 6.07 Å². The van der Waals surface area contributed by atoms with Crippen molar-refractivity contribution in [2.75, 3.05) is 0 Å². The van der Waals surface area contributed by atoms with Crippen molar-refractivity contribution in [1.82, 2.24) is 4.98 Å². The van der Waals surface area contributed by atoms with Crippen LogP contribution >= 0.6 is 0 Å². The molecule has 1 aromatic heterocycles. The number of hydrogen-bond donors (Lipinski definition) is 0. The Bertz CT molecular complexity index is 353. The van der Waals surface area contributed by atoms with Crippen molar-refractivity contribution in [3.63, 3.8) is 0 Å². The molecule has 67 valence electrons. The highest BCUT2D eigenvalue weighted by atomic mass is 19.4. The van der Waals surface area contributed by atoms with Crippen LogP contribution in [0.2, 0.25) is 0 Å². The summed E-state index contributed by atoms with van der Waals surface area (Å²) in [4.78, 5) is 5.47. The maximum absolute atomic E-state index is 12.1. The summed E-state index contributed by atoms with van der Waals surface area (Å²) in [5.41, 5.74) is 6.86. The largest absolute Gasteiger partial charge is 0.418 e. The first-order valence-electron chi connectivity index (χ1n) is 3.04. The van der Waals surface area contributed by atoms with E-state index in [0.717, 1.165) is 6.20 Å². The van der Waals surface area contributed by atoms with E-state index in [1.54, 1.807) is 0 Å². The van der Waals surface area contributed by atoms with Gasteiger partial charge in [-0.1, -0.05) is 0 Å². The lowest BCUT2D eigenvalue weighted by Gasteiger charge is -2.06. The van der Waals surface area contributed by atoms with Gasteiger partial charge in [0.2, 0.25) is 0 Å². The first-order valence-corrected chi connectivity index (χ1v) is 3.04. The molecule has 0 aliphatic heterocycles. The minimum absolute atomic E-state index is 0.678. The zero-order valence-electron chi connectivity index (χ0n) is 6.08. The highest BCUT2D eigenvalue weighted by Gasteiger charge is 2.33. The number of nitrogens with zero attached hydrogens (tertiary/aromatic N) is 4. The van der Waals surface area contributed by atoms with Crippen molar-refractivity contribution in [3.05, 3.63) is 34.3 Å². The molecule has 0 amide bonds. The van der Waals surface area contributed by atoms with Crippen LogP contribution in [0.1, 0.15) is 5.56 Å². The molecular formula is C6H2F3N4. The van der Waals surface area contributed by atoms with Gasteiger partial charge in [0.15, 0.2) is 0 Å². The average molecular weight is 187 g/mol. The molecule has 7 heteroatoms. The number of alkyl halides is 3. The van der Waals surface area contributed by atoms with E-state index in [1.807, 2.05) is 0 Å². The van der Waals surface area contributed by atoms with Crippen LogP contribution in [-0.4, -0.2) is 4.98 Å². The molecule has 0 aliphatic rings. The first-order chi connectivity index (χ1) is 6.05. The van der Waals surface area contributed by atoms with Gasteiger partial charge < -0.3 is 0 Å². The first kappa shape index (κ1) is 9.34. The number of hydrogen-bond acceptors (Lipinski definition) is 2. The maximum atomic E-state index is 12.1. The molecule has 0 spiro atoms. The molecule has 13 heavy (non-hydrogen) atoms. The minimum Gasteiger partial charge on any atom is -0.253 e. The lowest BCUT2D eigenvalue weighted by Crippen LogP contribution is -2.05. The van der Waals surface area contributed by atoms with Gasteiger partial charge in [-0.15, -0.1) is 0 Å². The molecule has 0 aromatic carbocycles. The second kappa shape index (κ2) is 3.32. The minimum atomic E-state index is -4.58. The standard InChI is InChI=1S/C6H2F3N4/c7-6(8,9)4-2-1-3-11-5(4)12-13-10/h2-3H. The van der Waals surface area contributed by atoms with E-state index in [1.165, 1.54) is 0 Å². The zero-order valence-corrected chi connectivity index (χ0v) is 6.08. The van der Waals surface area contributed by atoms with Crippen LogP contribution in [0.5, 0.6) is 0 Å². The van der Waals surface area contributed by atoms with Crippen molar-refractivity contribution < 1.29 is 13.2 Å². The zero-order chi connectivity index (χ0) is 9.90. The Morgan fingerprint density at radius 3 is 2.77 bits per heavy atom. The average Bonchev–Trinajstić information content (AvgIpc) is 2.04. The molecule has 4 nitrogen and oxygen atoms in total. The molecule has 1 rings (SSSR count). The summed E-state index contributed by atoms with van der Waals surface area (Å²) in [7, 11) is 0. The molecule has 1 radical (unpaired) electrons. The van der Waals surface area contributed by atoms with Crippen molar-refractivity contribution in [2.45, 2.75) is 6.18 Å². The molecule has 0 aliphatic carbocycles. The van der Waals surface area contributed by atoms with Gasteiger partial charge in [0.1, 0.15) is 5.82 Å². The summed E-state index contributed by atoms with van der Waals surface area (Å²) in [5.74, 6) is -0.686. The molecule has 0 N–H and O–H groups in total. The lowest BCUT2D eigenvalue weighted by atomic mass is 10.2. The van der Waals surface area contributed by atoms with E-state index in [9.17, 15) is 13.2 Å². The number of pyridine rings is 1. The van der Waals surface area contributed by atoms with Gasteiger partial charge in [-0.25, -0.2) is 0 Å². The van der Waals surface area contributed by atoms with E-state index < -0.39 is 17.6 Å². The molecule has 0 saturated carbocycles. The number of halogens is 3. The second-order valence-electron chi connectivity index (χ2n) is 1.99. The van der Waals surface area contributed by atoms with Crippen LogP contribution in [0.4, 0.5) is 19.0 Å². The maximum Gasteiger partial charge on any atom is 0.418 e. The summed E-state index contributed by atoms with van der Waals surface area (Å²) in [6, 6.07) is 2.83. The molecule has 1 aromatic rings. The van der Waals surface area contributed by atoms with Gasteiger partial charge in [0, 0.05) is 17.2 Å². The molecule has 1 heterocycles. The summed E-state index contributed by atoms with van der Waals surface area (Å²) < 4.78 is 36.4. The SMILES string of the molecule is [N-]=[N+]=Nc1nc[c]cc1C(F)(F)F. The fraction of sp³-hybridized carbons (Fsp3) is 0.167. The Hall–Kier alpha value is -1.75. The predicted molar refractivity (Wildman–Crippen MR) is 36.9 cm³/mol. The number of aromatic nitrogens is 1. The van der Waals surface area contributed by atoms with E-state index in [-0.39, 0.29) is 0 Å². The lowest BCUT2D eigenvalue weighted by molar-refractivity contribution is -0.137. The van der Waals surface area contributed by atoms with E-state index in [0.29, 0.717) is 6.07 Å². The Kier molecular flexibility index (Phi) is 2.39. The summed E-state index contributed by atoms with van der Waals surface area (Å²) in [6.07, 6.45) is -3.58. The van der Waals surface area contributed by atoms with Crippen LogP contribution in [0.3, 0.4) is 0 Å². The third-order valence-electron chi connectivity index (χ3n) is 1.17. The normalized spacial score (nSPS) is 10.7. The fourth-order valence-electron chi connectivity index (χ4n) is 0.684. The van der Waals surface area contributed by atoms with Gasteiger partial charge in [0.25, 0.3) is 0 Å². The monoisotopic (exact) mass is 187 g/mol. The van der Waals surface area contributed by atoms with Crippen molar-refractivity contribution in [3.8, 4) is 0 Å². The smallest absolute Gasteiger partial charge is 0.253 e. The third kappa shape index (κ3) is 2.09. The Balaban J connectivity index is 3.27. The van der Waals surface area contributed by atoms with Gasteiger partial charge in [-0.05, 0) is 16.7 Å². The Morgan fingerprint density at radius 2 is 2.23 bits per heavy atom. The van der Waals surface area contributed by atoms with E-state index in [2.05, 4.69) is 21.1 Å². The number of rotatable bonds is 1. The van der Waals surface area contributed by atoms with Gasteiger partial charge in [-0.3, -0.25) is 4.98 Å². The Labute approximate surface area is 70.6 Å². The van der Waals surface area contributed by atoms with E-state index in [4.69, 9.17) is 5.53 Å². The summed E-state index contributed by atoms with van der Waals surface area (Å²) in [6.45, 7) is 0. The Morgan fingerprint density at radius 1 is 1.54 bits per heavy atom. The van der Waals surface area contributed by atoms with Crippen LogP contribution in [0.15, 0.2) is 17.4 Å². The predicted octanol–water partition coefficient (Wildman–Crippen LogP) is 2.84. The van der Waals surface area contributed by atoms with Crippen molar-refractivity contribution in [1.29, 1.82) is 0 Å². The highest BCUT2D eigenvalue weighted by molar-refractivity contribution is 5.39. The summed E-state index contributed by atoms with van der Waals surface area (Å²) >= 11 is 0. The van der Waals surface area contributed by atoms with Crippen LogP contribution in [-0.2, 0) is 6.18 Å². The van der Waals surface area contributed by atoms with Crippen molar-refractivity contribution in [2.24, 2.45) is 5.11 Å². The van der Waals surface area contributed by atoms with Crippen LogP contribution < -0.4 is 0 Å². The van der Waals surface area contributed by atoms with Gasteiger partial charge in [0.05, 0.1) is 5.56 Å². The second-order valence-corrected chi connectivity index (χ2v) is 1.99. The molecular weight excluding hydrogens is 185 g/mol. The fourth-order valence-corrected chi connectivity index (χ4v) is 0.684. The molecule has 0 saturated heterocycles. The quantitative estimate of drug-likeness (QED) is 0.378. The third-order valence-corrected chi connectivity index (χ3v) is 1.17. The van der Waals surface area contributed by atoms with Crippen LogP contribution in [0.25, 0.3) is 10.4 Å². The van der Waals surface area contributed by atoms with E-state index >= 15 is 0 Å².